The van der Waals surface area contributed by atoms with E-state index in [4.69, 9.17) is 0 Å². The summed E-state index contributed by atoms with van der Waals surface area (Å²) in [5.41, 5.74) is 4.44. The van der Waals surface area contributed by atoms with Crippen molar-refractivity contribution >= 4 is 22.1 Å². The molecule has 0 saturated heterocycles. The Morgan fingerprint density at radius 1 is 0.839 bits per heavy atom. The Morgan fingerprint density at radius 3 is 2.65 bits per heavy atom. The summed E-state index contributed by atoms with van der Waals surface area (Å²) < 4.78 is 15.5. The summed E-state index contributed by atoms with van der Waals surface area (Å²) in [5, 5.41) is 7.44. The van der Waals surface area contributed by atoms with E-state index in [1.165, 1.54) is 0 Å². The third-order valence-electron chi connectivity index (χ3n) is 5.04. The van der Waals surface area contributed by atoms with Gasteiger partial charge in [0.15, 0.2) is 17.3 Å². The van der Waals surface area contributed by atoms with Gasteiger partial charge in [0.1, 0.15) is 11.4 Å². The average Bonchev–Trinajstić information content (AvgIpc) is 3.45. The Hall–Kier alpha value is -4.53. The van der Waals surface area contributed by atoms with Gasteiger partial charge in [0, 0.05) is 35.9 Å². The van der Waals surface area contributed by atoms with Gasteiger partial charge < -0.3 is 4.98 Å². The number of nitrogens with zero attached hydrogens (tertiary/aromatic N) is 6. The first kappa shape index (κ1) is 17.3. The molecule has 0 aromatic carbocycles. The van der Waals surface area contributed by atoms with E-state index in [0.29, 0.717) is 39.1 Å². The smallest absolute Gasteiger partial charge is 0.178 e. The first-order valence-corrected chi connectivity index (χ1v) is 9.49. The lowest BCUT2D eigenvalue weighted by Crippen LogP contribution is -1.92. The van der Waals surface area contributed by atoms with Crippen LogP contribution in [-0.2, 0) is 0 Å². The van der Waals surface area contributed by atoms with E-state index in [1.54, 1.807) is 43.1 Å². The summed E-state index contributed by atoms with van der Waals surface area (Å²) in [5.74, 6) is -0.0908. The van der Waals surface area contributed by atoms with Gasteiger partial charge in [-0.15, -0.1) is 0 Å². The van der Waals surface area contributed by atoms with Crippen LogP contribution in [0.25, 0.3) is 56.1 Å². The van der Waals surface area contributed by atoms with Gasteiger partial charge in [0.2, 0.25) is 0 Å². The van der Waals surface area contributed by atoms with E-state index in [0.717, 1.165) is 11.3 Å². The fourth-order valence-corrected chi connectivity index (χ4v) is 3.61. The van der Waals surface area contributed by atoms with E-state index >= 15 is 4.39 Å². The van der Waals surface area contributed by atoms with Crippen molar-refractivity contribution in [3.8, 4) is 34.0 Å². The van der Waals surface area contributed by atoms with Crippen molar-refractivity contribution < 1.29 is 4.39 Å². The topological polar surface area (TPSA) is 109 Å². The van der Waals surface area contributed by atoms with E-state index in [1.807, 2.05) is 24.3 Å². The van der Waals surface area contributed by atoms with Crippen molar-refractivity contribution in [1.29, 1.82) is 0 Å². The molecule has 0 spiro atoms. The van der Waals surface area contributed by atoms with Crippen molar-refractivity contribution in [2.45, 2.75) is 0 Å². The molecular weight excluding hydrogens is 395 g/mol. The van der Waals surface area contributed by atoms with Crippen LogP contribution in [0.4, 0.5) is 4.39 Å². The van der Waals surface area contributed by atoms with Gasteiger partial charge in [-0.25, -0.2) is 14.4 Å². The maximum absolute atomic E-state index is 15.5. The number of aromatic nitrogens is 8. The summed E-state index contributed by atoms with van der Waals surface area (Å²) in [4.78, 5) is 24.9. The normalized spacial score (nSPS) is 11.4. The molecule has 0 fully saturated rings. The number of hydrogen-bond donors (Lipinski definition) is 2. The third kappa shape index (κ3) is 2.75. The lowest BCUT2D eigenvalue weighted by atomic mass is 10.1. The molecule has 0 amide bonds. The lowest BCUT2D eigenvalue weighted by Gasteiger charge is -2.03. The highest BCUT2D eigenvalue weighted by Gasteiger charge is 2.21. The Balaban J connectivity index is 1.56. The molecule has 6 heterocycles. The van der Waals surface area contributed by atoms with Crippen LogP contribution < -0.4 is 0 Å². The first-order valence-electron chi connectivity index (χ1n) is 9.49. The molecule has 0 saturated carbocycles. The fourth-order valence-electron chi connectivity index (χ4n) is 3.61. The number of aromatic amines is 2. The number of pyridine rings is 4. The Bertz CT molecular complexity index is 1540. The van der Waals surface area contributed by atoms with Gasteiger partial charge >= 0.3 is 0 Å². The van der Waals surface area contributed by atoms with Crippen LogP contribution in [-0.4, -0.2) is 40.1 Å². The molecule has 6 aromatic rings. The molecule has 6 aromatic heterocycles. The zero-order valence-corrected chi connectivity index (χ0v) is 15.9. The Kier molecular flexibility index (Phi) is 3.79. The van der Waals surface area contributed by atoms with Crippen LogP contribution in [0, 0.1) is 5.82 Å². The predicted octanol–water partition coefficient (Wildman–Crippen LogP) is 4.16. The molecule has 31 heavy (non-hydrogen) atoms. The molecule has 2 N–H and O–H groups in total. The minimum absolute atomic E-state index is 0.201. The van der Waals surface area contributed by atoms with Gasteiger partial charge in [-0.05, 0) is 30.3 Å². The predicted molar refractivity (Wildman–Crippen MR) is 113 cm³/mol. The summed E-state index contributed by atoms with van der Waals surface area (Å²) in [6.07, 6.45) is 8.15. The minimum atomic E-state index is -0.493. The average molecular weight is 408 g/mol. The number of hydrogen-bond acceptors (Lipinski definition) is 6. The Morgan fingerprint density at radius 2 is 1.81 bits per heavy atom. The highest BCUT2D eigenvalue weighted by molar-refractivity contribution is 5.96. The zero-order chi connectivity index (χ0) is 20.8. The maximum Gasteiger partial charge on any atom is 0.178 e. The molecule has 8 nitrogen and oxygen atoms in total. The second-order valence-electron chi connectivity index (χ2n) is 6.88. The second-order valence-corrected chi connectivity index (χ2v) is 6.88. The number of imidazole rings is 1. The van der Waals surface area contributed by atoms with Crippen LogP contribution in [0.5, 0.6) is 0 Å². The molecule has 0 aliphatic rings. The molecule has 6 rings (SSSR count). The molecule has 9 heteroatoms. The number of rotatable bonds is 3. The molecule has 0 atom stereocenters. The van der Waals surface area contributed by atoms with E-state index in [-0.39, 0.29) is 5.69 Å². The number of halogens is 1. The highest BCUT2D eigenvalue weighted by atomic mass is 19.1. The molecule has 148 valence electrons. The molecule has 0 bridgehead atoms. The number of H-pyrrole nitrogens is 2. The standard InChI is InChI=1S/C22H13FN8/c23-17-16-15(11-27-18(17)12-4-3-7-24-10-12)30-31-20(16)22-28-19-13(6-9-26-21(19)29-22)14-5-1-2-8-25-14/h1-11H,(H,30,31)(H,26,28,29). The fraction of sp³-hybridized carbons (Fsp3) is 0. The van der Waals surface area contributed by atoms with Gasteiger partial charge in [0.05, 0.1) is 28.3 Å². The molecule has 0 unspecified atom stereocenters. The van der Waals surface area contributed by atoms with Crippen molar-refractivity contribution in [3.05, 3.63) is 73.2 Å². The van der Waals surface area contributed by atoms with Gasteiger partial charge in [-0.2, -0.15) is 5.10 Å². The number of fused-ring (bicyclic) bond motifs is 2. The molecule has 0 radical (unpaired) electrons. The summed E-state index contributed by atoms with van der Waals surface area (Å²) in [6.45, 7) is 0. The summed E-state index contributed by atoms with van der Waals surface area (Å²) >= 11 is 0. The SMILES string of the molecule is Fc1c(-c2cccnc2)ncc2[nH]nc(-c3nc4nccc(-c5ccccn5)c4[nH]3)c12. The highest BCUT2D eigenvalue weighted by Crippen LogP contribution is 2.33. The van der Waals surface area contributed by atoms with Crippen LogP contribution in [0.1, 0.15) is 0 Å². The zero-order valence-electron chi connectivity index (χ0n) is 15.9. The van der Waals surface area contributed by atoms with Gasteiger partial charge in [-0.1, -0.05) is 6.07 Å². The molecule has 0 aliphatic heterocycles. The third-order valence-corrected chi connectivity index (χ3v) is 5.04. The largest absolute Gasteiger partial charge is 0.335 e. The number of nitrogens with one attached hydrogen (secondary N) is 2. The monoisotopic (exact) mass is 408 g/mol. The van der Waals surface area contributed by atoms with Gasteiger partial charge in [-0.3, -0.25) is 20.1 Å². The van der Waals surface area contributed by atoms with Crippen molar-refractivity contribution in [2.24, 2.45) is 0 Å². The summed E-state index contributed by atoms with van der Waals surface area (Å²) in [6, 6.07) is 11.0. The van der Waals surface area contributed by atoms with Crippen molar-refractivity contribution in [2.75, 3.05) is 0 Å². The van der Waals surface area contributed by atoms with Crippen LogP contribution in [0.2, 0.25) is 0 Å². The van der Waals surface area contributed by atoms with E-state index in [9.17, 15) is 0 Å². The van der Waals surface area contributed by atoms with E-state index < -0.39 is 5.82 Å². The van der Waals surface area contributed by atoms with Crippen LogP contribution >= 0.6 is 0 Å². The second kappa shape index (κ2) is 6.77. The summed E-state index contributed by atoms with van der Waals surface area (Å²) in [7, 11) is 0. The van der Waals surface area contributed by atoms with Crippen LogP contribution in [0.15, 0.2) is 67.4 Å². The maximum atomic E-state index is 15.5. The van der Waals surface area contributed by atoms with Crippen molar-refractivity contribution in [1.82, 2.24) is 40.1 Å². The first-order chi connectivity index (χ1) is 15.3. The Labute approximate surface area is 174 Å². The van der Waals surface area contributed by atoms with E-state index in [2.05, 4.69) is 40.1 Å². The molecule has 0 aliphatic carbocycles. The minimum Gasteiger partial charge on any atom is -0.335 e. The van der Waals surface area contributed by atoms with Crippen molar-refractivity contribution in [3.63, 3.8) is 0 Å². The lowest BCUT2D eigenvalue weighted by molar-refractivity contribution is 0.638. The van der Waals surface area contributed by atoms with Gasteiger partial charge in [0.25, 0.3) is 0 Å². The van der Waals surface area contributed by atoms with Crippen LogP contribution in [0.3, 0.4) is 0 Å². The molecular formula is C22H13FN8. The quantitative estimate of drug-likeness (QED) is 0.455.